The van der Waals surface area contributed by atoms with Crippen molar-refractivity contribution in [1.82, 2.24) is 15.2 Å². The molecule has 122 valence electrons. The standard InChI is InChI=1S/C19H24ClN3/c1-14(2)18-13-23(12-11-22-18)19(17-5-3-4-10-21-17)15-6-8-16(20)9-7-15/h3-10,14,18-19,22H,11-13H2,1-2H3/t18-,19-/m1/s1. The highest BCUT2D eigenvalue weighted by Gasteiger charge is 2.29. The van der Waals surface area contributed by atoms with E-state index in [0.29, 0.717) is 12.0 Å². The molecule has 2 heterocycles. The molecule has 4 heteroatoms. The molecule has 0 aliphatic carbocycles. The van der Waals surface area contributed by atoms with Gasteiger partial charge in [-0.3, -0.25) is 9.88 Å². The van der Waals surface area contributed by atoms with E-state index in [1.54, 1.807) is 0 Å². The lowest BCUT2D eigenvalue weighted by Gasteiger charge is -2.40. The lowest BCUT2D eigenvalue weighted by atomic mass is 9.96. The number of nitrogens with one attached hydrogen (secondary N) is 1. The number of hydrogen-bond acceptors (Lipinski definition) is 3. The number of rotatable bonds is 4. The van der Waals surface area contributed by atoms with Gasteiger partial charge in [0.15, 0.2) is 0 Å². The van der Waals surface area contributed by atoms with Gasteiger partial charge in [-0.2, -0.15) is 0 Å². The van der Waals surface area contributed by atoms with E-state index >= 15 is 0 Å². The molecule has 1 aliphatic rings. The fraction of sp³-hybridized carbons (Fsp3) is 0.421. The highest BCUT2D eigenvalue weighted by atomic mass is 35.5. The monoisotopic (exact) mass is 329 g/mol. The van der Waals surface area contributed by atoms with E-state index in [-0.39, 0.29) is 6.04 Å². The van der Waals surface area contributed by atoms with Gasteiger partial charge >= 0.3 is 0 Å². The largest absolute Gasteiger partial charge is 0.311 e. The van der Waals surface area contributed by atoms with E-state index in [0.717, 1.165) is 30.4 Å². The molecule has 0 unspecified atom stereocenters. The summed E-state index contributed by atoms with van der Waals surface area (Å²) in [6.07, 6.45) is 1.88. The summed E-state index contributed by atoms with van der Waals surface area (Å²) in [6, 6.07) is 15.0. The van der Waals surface area contributed by atoms with Gasteiger partial charge in [0, 0.05) is 36.9 Å². The van der Waals surface area contributed by atoms with Crippen LogP contribution < -0.4 is 5.32 Å². The third kappa shape index (κ3) is 3.92. The maximum atomic E-state index is 6.07. The lowest BCUT2D eigenvalue weighted by Crippen LogP contribution is -2.53. The Morgan fingerprint density at radius 3 is 2.61 bits per heavy atom. The van der Waals surface area contributed by atoms with Crippen molar-refractivity contribution in [2.24, 2.45) is 5.92 Å². The molecule has 2 aromatic rings. The first-order chi connectivity index (χ1) is 11.1. The van der Waals surface area contributed by atoms with Gasteiger partial charge in [-0.05, 0) is 35.7 Å². The molecular weight excluding hydrogens is 306 g/mol. The average molecular weight is 330 g/mol. The summed E-state index contributed by atoms with van der Waals surface area (Å²) in [7, 11) is 0. The third-order valence-corrected chi connectivity index (χ3v) is 4.81. The number of pyridine rings is 1. The van der Waals surface area contributed by atoms with Gasteiger partial charge in [0.1, 0.15) is 0 Å². The number of nitrogens with zero attached hydrogens (tertiary/aromatic N) is 2. The topological polar surface area (TPSA) is 28.2 Å². The van der Waals surface area contributed by atoms with Crippen molar-refractivity contribution in [3.05, 3.63) is 64.9 Å². The molecular formula is C19H24ClN3. The molecule has 1 saturated heterocycles. The predicted octanol–water partition coefficient (Wildman–Crippen LogP) is 3.75. The van der Waals surface area contributed by atoms with Gasteiger partial charge in [-0.1, -0.05) is 43.6 Å². The average Bonchev–Trinajstić information content (AvgIpc) is 2.58. The van der Waals surface area contributed by atoms with E-state index in [2.05, 4.69) is 53.3 Å². The van der Waals surface area contributed by atoms with Gasteiger partial charge in [-0.25, -0.2) is 0 Å². The van der Waals surface area contributed by atoms with Crippen LogP contribution in [-0.2, 0) is 0 Å². The summed E-state index contributed by atoms with van der Waals surface area (Å²) in [5, 5.41) is 4.40. The zero-order valence-corrected chi connectivity index (χ0v) is 14.5. The number of benzene rings is 1. The van der Waals surface area contributed by atoms with Gasteiger partial charge in [0.2, 0.25) is 0 Å². The number of piperazine rings is 1. The second-order valence-electron chi connectivity index (χ2n) is 6.51. The summed E-state index contributed by atoms with van der Waals surface area (Å²) in [4.78, 5) is 7.16. The summed E-state index contributed by atoms with van der Waals surface area (Å²) in [5.74, 6) is 0.618. The minimum Gasteiger partial charge on any atom is -0.311 e. The molecule has 0 saturated carbocycles. The van der Waals surface area contributed by atoms with Crippen LogP contribution in [0.15, 0.2) is 48.7 Å². The Kier molecular flexibility index (Phi) is 5.31. The zero-order chi connectivity index (χ0) is 16.2. The van der Waals surface area contributed by atoms with Crippen LogP contribution >= 0.6 is 11.6 Å². The van der Waals surface area contributed by atoms with Gasteiger partial charge < -0.3 is 5.32 Å². The van der Waals surface area contributed by atoms with E-state index in [9.17, 15) is 0 Å². The maximum Gasteiger partial charge on any atom is 0.0777 e. The van der Waals surface area contributed by atoms with Crippen molar-refractivity contribution in [1.29, 1.82) is 0 Å². The molecule has 2 atom stereocenters. The highest BCUT2D eigenvalue weighted by molar-refractivity contribution is 6.30. The molecule has 0 spiro atoms. The van der Waals surface area contributed by atoms with Crippen molar-refractivity contribution < 1.29 is 0 Å². The molecule has 3 rings (SSSR count). The Hall–Kier alpha value is -1.42. The zero-order valence-electron chi connectivity index (χ0n) is 13.7. The summed E-state index contributed by atoms with van der Waals surface area (Å²) >= 11 is 6.07. The quantitative estimate of drug-likeness (QED) is 0.925. The van der Waals surface area contributed by atoms with Crippen molar-refractivity contribution in [3.63, 3.8) is 0 Å². The minimum atomic E-state index is 0.178. The molecule has 23 heavy (non-hydrogen) atoms. The van der Waals surface area contributed by atoms with Crippen LogP contribution in [0, 0.1) is 5.92 Å². The Morgan fingerprint density at radius 2 is 1.96 bits per heavy atom. The Morgan fingerprint density at radius 1 is 1.17 bits per heavy atom. The van der Waals surface area contributed by atoms with Crippen LogP contribution in [-0.4, -0.2) is 35.6 Å². The first-order valence-corrected chi connectivity index (χ1v) is 8.67. The van der Waals surface area contributed by atoms with E-state index in [1.165, 1.54) is 5.56 Å². The van der Waals surface area contributed by atoms with Crippen molar-refractivity contribution in [3.8, 4) is 0 Å². The van der Waals surface area contributed by atoms with Crippen molar-refractivity contribution in [2.45, 2.75) is 25.9 Å². The van der Waals surface area contributed by atoms with Gasteiger partial charge in [0.25, 0.3) is 0 Å². The third-order valence-electron chi connectivity index (χ3n) is 4.56. The summed E-state index contributed by atoms with van der Waals surface area (Å²) < 4.78 is 0. The first kappa shape index (κ1) is 16.4. The first-order valence-electron chi connectivity index (χ1n) is 8.29. The molecule has 1 N–H and O–H groups in total. The molecule has 0 bridgehead atoms. The molecule has 0 amide bonds. The van der Waals surface area contributed by atoms with Crippen LogP contribution in [0.4, 0.5) is 0 Å². The molecule has 1 aromatic heterocycles. The Balaban J connectivity index is 1.93. The molecule has 3 nitrogen and oxygen atoms in total. The molecule has 1 aliphatic heterocycles. The second kappa shape index (κ2) is 7.43. The molecule has 1 aromatic carbocycles. The SMILES string of the molecule is CC(C)[C@H]1CN([C@H](c2ccc(Cl)cc2)c2ccccn2)CCN1. The van der Waals surface area contributed by atoms with E-state index in [1.807, 2.05) is 24.4 Å². The normalized spacial score (nSPS) is 20.6. The number of aromatic nitrogens is 1. The van der Waals surface area contributed by atoms with Crippen LogP contribution in [0.2, 0.25) is 5.02 Å². The second-order valence-corrected chi connectivity index (χ2v) is 6.94. The Labute approximate surface area is 143 Å². The van der Waals surface area contributed by atoms with Crippen LogP contribution in [0.3, 0.4) is 0 Å². The lowest BCUT2D eigenvalue weighted by molar-refractivity contribution is 0.142. The van der Waals surface area contributed by atoms with Crippen molar-refractivity contribution >= 4 is 11.6 Å². The number of halogens is 1. The summed E-state index contributed by atoms with van der Waals surface area (Å²) in [6.45, 7) is 7.62. The predicted molar refractivity (Wildman–Crippen MR) is 95.7 cm³/mol. The van der Waals surface area contributed by atoms with Crippen LogP contribution in [0.25, 0.3) is 0 Å². The smallest absolute Gasteiger partial charge is 0.0777 e. The van der Waals surface area contributed by atoms with Crippen molar-refractivity contribution in [2.75, 3.05) is 19.6 Å². The fourth-order valence-corrected chi connectivity index (χ4v) is 3.36. The maximum absolute atomic E-state index is 6.07. The number of hydrogen-bond donors (Lipinski definition) is 1. The van der Waals surface area contributed by atoms with E-state index in [4.69, 9.17) is 11.6 Å². The van der Waals surface area contributed by atoms with Gasteiger partial charge in [0.05, 0.1) is 11.7 Å². The fourth-order valence-electron chi connectivity index (χ4n) is 3.23. The molecule has 1 fully saturated rings. The van der Waals surface area contributed by atoms with Crippen LogP contribution in [0.1, 0.15) is 31.1 Å². The van der Waals surface area contributed by atoms with Gasteiger partial charge in [-0.15, -0.1) is 0 Å². The van der Waals surface area contributed by atoms with Crippen LogP contribution in [0.5, 0.6) is 0 Å². The minimum absolute atomic E-state index is 0.178. The molecule has 0 radical (unpaired) electrons. The van der Waals surface area contributed by atoms with E-state index < -0.39 is 0 Å². The highest BCUT2D eigenvalue weighted by Crippen LogP contribution is 2.29. The Bertz CT molecular complexity index is 612. The summed E-state index contributed by atoms with van der Waals surface area (Å²) in [5.41, 5.74) is 2.34.